The Kier molecular flexibility index (Phi) is 5.31. The van der Waals surface area contributed by atoms with Crippen LogP contribution in [0.25, 0.3) is 11.1 Å². The van der Waals surface area contributed by atoms with Gasteiger partial charge >= 0.3 is 12.1 Å². The lowest BCUT2D eigenvalue weighted by Gasteiger charge is -2.32. The minimum atomic E-state index is -0.418. The number of piperidine rings is 1. The fraction of sp³-hybridized carbons (Fsp3) is 0.421. The first-order chi connectivity index (χ1) is 13.7. The summed E-state index contributed by atoms with van der Waals surface area (Å²) in [5.74, 6) is -0.0600. The van der Waals surface area contributed by atoms with Crippen molar-refractivity contribution in [3.63, 3.8) is 0 Å². The third kappa shape index (κ3) is 4.19. The van der Waals surface area contributed by atoms with Crippen molar-refractivity contribution in [1.82, 2.24) is 24.8 Å². The van der Waals surface area contributed by atoms with Crippen LogP contribution in [0, 0.1) is 0 Å². The van der Waals surface area contributed by atoms with Gasteiger partial charge in [-0.05, 0) is 17.7 Å². The third-order valence-corrected chi connectivity index (χ3v) is 4.88. The van der Waals surface area contributed by atoms with Crippen molar-refractivity contribution in [3.05, 3.63) is 36.9 Å². The molecule has 0 radical (unpaired) electrons. The number of likely N-dealkylation sites (tertiary alicyclic amines) is 1. The molecule has 28 heavy (non-hydrogen) atoms. The Morgan fingerprint density at radius 1 is 1.11 bits per heavy atom. The maximum Gasteiger partial charge on any atom is 0.410 e. The van der Waals surface area contributed by atoms with Crippen molar-refractivity contribution in [3.8, 4) is 17.1 Å². The number of hydrogen-bond acceptors (Lipinski definition) is 7. The number of ether oxygens (including phenoxy) is 2. The second-order valence-corrected chi connectivity index (χ2v) is 6.72. The lowest BCUT2D eigenvalue weighted by molar-refractivity contribution is -0.133. The molecule has 4 rings (SSSR count). The number of carbonyl (C=O) groups is 2. The molecule has 4 heterocycles. The van der Waals surface area contributed by atoms with E-state index in [1.165, 1.54) is 4.90 Å². The fourth-order valence-electron chi connectivity index (χ4n) is 3.28. The van der Waals surface area contributed by atoms with Crippen LogP contribution in [0.2, 0.25) is 0 Å². The first-order valence-corrected chi connectivity index (χ1v) is 9.27. The second-order valence-electron chi connectivity index (χ2n) is 6.72. The number of nitrogens with zero attached hydrogens (tertiary/aromatic N) is 5. The number of carbonyl (C=O) groups excluding carboxylic acids is 2. The Hall–Kier alpha value is -3.23. The fourth-order valence-corrected chi connectivity index (χ4v) is 3.28. The van der Waals surface area contributed by atoms with Crippen LogP contribution in [0.15, 0.2) is 36.9 Å². The Morgan fingerprint density at radius 2 is 1.82 bits per heavy atom. The first kappa shape index (κ1) is 18.1. The van der Waals surface area contributed by atoms with Crippen molar-refractivity contribution in [2.24, 2.45) is 0 Å². The highest BCUT2D eigenvalue weighted by atomic mass is 16.6. The molecule has 146 valence electrons. The molecule has 9 heteroatoms. The average molecular weight is 383 g/mol. The molecule has 0 bridgehead atoms. The normalized spacial score (nSPS) is 17.5. The molecule has 0 saturated carbocycles. The van der Waals surface area contributed by atoms with Gasteiger partial charge in [0.2, 0.25) is 5.91 Å². The molecule has 0 atom stereocenters. The zero-order chi connectivity index (χ0) is 19.3. The molecular formula is C19H21N5O4. The van der Waals surface area contributed by atoms with E-state index in [4.69, 9.17) is 9.47 Å². The number of cyclic esters (lactones) is 1. The summed E-state index contributed by atoms with van der Waals surface area (Å²) in [5, 5.41) is 0. The van der Waals surface area contributed by atoms with Gasteiger partial charge in [0.25, 0.3) is 0 Å². The number of aromatic nitrogens is 3. The third-order valence-electron chi connectivity index (χ3n) is 4.88. The van der Waals surface area contributed by atoms with Crippen LogP contribution in [0.1, 0.15) is 12.8 Å². The van der Waals surface area contributed by atoms with E-state index < -0.39 is 6.09 Å². The minimum absolute atomic E-state index is 0.0347. The molecule has 2 fully saturated rings. The Labute approximate surface area is 162 Å². The van der Waals surface area contributed by atoms with Crippen LogP contribution in [0.4, 0.5) is 4.79 Å². The molecule has 9 nitrogen and oxygen atoms in total. The minimum Gasteiger partial charge on any atom is -0.460 e. The summed E-state index contributed by atoms with van der Waals surface area (Å²) >= 11 is 0. The molecule has 0 N–H and O–H groups in total. The maximum absolute atomic E-state index is 12.3. The van der Waals surface area contributed by atoms with E-state index in [0.717, 1.165) is 11.1 Å². The van der Waals surface area contributed by atoms with Crippen molar-refractivity contribution < 1.29 is 19.1 Å². The Bertz CT molecular complexity index is 822. The van der Waals surface area contributed by atoms with E-state index >= 15 is 0 Å². The van der Waals surface area contributed by atoms with Crippen molar-refractivity contribution in [1.29, 1.82) is 0 Å². The molecule has 0 aromatic carbocycles. The van der Waals surface area contributed by atoms with Gasteiger partial charge in [-0.3, -0.25) is 14.7 Å². The maximum atomic E-state index is 12.3. The molecule has 0 aliphatic carbocycles. The van der Waals surface area contributed by atoms with Gasteiger partial charge in [-0.2, -0.15) is 0 Å². The highest BCUT2D eigenvalue weighted by Crippen LogP contribution is 2.20. The van der Waals surface area contributed by atoms with Crippen molar-refractivity contribution in [2.45, 2.75) is 18.9 Å². The molecule has 0 unspecified atom stereocenters. The van der Waals surface area contributed by atoms with Crippen LogP contribution in [0.5, 0.6) is 6.01 Å². The Morgan fingerprint density at radius 3 is 2.46 bits per heavy atom. The summed E-state index contributed by atoms with van der Waals surface area (Å²) in [6, 6.07) is 4.13. The van der Waals surface area contributed by atoms with Crippen LogP contribution < -0.4 is 4.74 Å². The van der Waals surface area contributed by atoms with Crippen molar-refractivity contribution >= 4 is 12.0 Å². The molecule has 2 saturated heterocycles. The van der Waals surface area contributed by atoms with Gasteiger partial charge in [0, 0.05) is 56.3 Å². The number of hydrogen-bond donors (Lipinski definition) is 0. The molecule has 2 amide bonds. The van der Waals surface area contributed by atoms with Gasteiger partial charge in [-0.1, -0.05) is 0 Å². The predicted molar refractivity (Wildman–Crippen MR) is 98.4 cm³/mol. The lowest BCUT2D eigenvalue weighted by atomic mass is 10.1. The quantitative estimate of drug-likeness (QED) is 0.769. The Balaban J connectivity index is 1.26. The zero-order valence-corrected chi connectivity index (χ0v) is 15.4. The highest BCUT2D eigenvalue weighted by molar-refractivity contribution is 5.83. The lowest BCUT2D eigenvalue weighted by Crippen LogP contribution is -2.46. The predicted octanol–water partition coefficient (Wildman–Crippen LogP) is 1.36. The SMILES string of the molecule is O=C(CN1CCOC1=O)N1CCC(Oc2ncc(-c3ccncc3)cn2)CC1. The van der Waals surface area contributed by atoms with E-state index in [9.17, 15) is 9.59 Å². The largest absolute Gasteiger partial charge is 0.460 e. The van der Waals surface area contributed by atoms with E-state index in [-0.39, 0.29) is 18.6 Å². The summed E-state index contributed by atoms with van der Waals surface area (Å²) in [5.41, 5.74) is 1.89. The summed E-state index contributed by atoms with van der Waals surface area (Å²) < 4.78 is 10.7. The summed E-state index contributed by atoms with van der Waals surface area (Å²) in [6.07, 6.45) is 7.85. The molecule has 2 aliphatic rings. The monoisotopic (exact) mass is 383 g/mol. The highest BCUT2D eigenvalue weighted by Gasteiger charge is 2.29. The average Bonchev–Trinajstić information content (AvgIpc) is 3.14. The summed E-state index contributed by atoms with van der Waals surface area (Å²) in [4.78, 5) is 39.6. The van der Waals surface area contributed by atoms with E-state index in [0.29, 0.717) is 45.1 Å². The van der Waals surface area contributed by atoms with Crippen LogP contribution in [-0.4, -0.2) is 75.6 Å². The number of pyridine rings is 1. The second kappa shape index (κ2) is 8.20. The van der Waals surface area contributed by atoms with E-state index in [1.54, 1.807) is 29.7 Å². The number of rotatable bonds is 5. The molecule has 2 aromatic rings. The van der Waals surface area contributed by atoms with Gasteiger partial charge in [0.15, 0.2) is 0 Å². The standard InChI is InChI=1S/C19H21N5O4/c25-17(13-24-9-10-27-19(24)26)23-7-3-16(4-8-23)28-18-21-11-15(12-22-18)14-1-5-20-6-2-14/h1-2,5-6,11-12,16H,3-4,7-10,13H2. The molecule has 2 aromatic heterocycles. The van der Waals surface area contributed by atoms with Gasteiger partial charge < -0.3 is 14.4 Å². The van der Waals surface area contributed by atoms with Gasteiger partial charge in [0.05, 0.1) is 6.54 Å². The van der Waals surface area contributed by atoms with Crippen LogP contribution in [-0.2, 0) is 9.53 Å². The smallest absolute Gasteiger partial charge is 0.410 e. The van der Waals surface area contributed by atoms with E-state index in [2.05, 4.69) is 15.0 Å². The molecule has 0 spiro atoms. The molecule has 2 aliphatic heterocycles. The van der Waals surface area contributed by atoms with Gasteiger partial charge in [0.1, 0.15) is 19.3 Å². The zero-order valence-electron chi connectivity index (χ0n) is 15.4. The summed E-state index contributed by atoms with van der Waals surface area (Å²) in [7, 11) is 0. The van der Waals surface area contributed by atoms with Gasteiger partial charge in [-0.25, -0.2) is 14.8 Å². The van der Waals surface area contributed by atoms with Crippen LogP contribution in [0.3, 0.4) is 0 Å². The summed E-state index contributed by atoms with van der Waals surface area (Å²) in [6.45, 7) is 2.06. The van der Waals surface area contributed by atoms with Crippen molar-refractivity contribution in [2.75, 3.05) is 32.8 Å². The van der Waals surface area contributed by atoms with Crippen LogP contribution >= 0.6 is 0 Å². The van der Waals surface area contributed by atoms with E-state index in [1.807, 2.05) is 12.1 Å². The van der Waals surface area contributed by atoms with Gasteiger partial charge in [-0.15, -0.1) is 0 Å². The first-order valence-electron chi connectivity index (χ1n) is 9.27. The number of amides is 2. The molecular weight excluding hydrogens is 362 g/mol. The topological polar surface area (TPSA) is 97.8 Å².